The molecule has 5 nitrogen and oxygen atoms in total. The largest absolute Gasteiger partial charge is 0.364 e. The highest BCUT2D eigenvalue weighted by Gasteiger charge is 2.07. The second kappa shape index (κ2) is 7.33. The fourth-order valence-corrected chi connectivity index (χ4v) is 1.95. The minimum Gasteiger partial charge on any atom is -0.364 e. The van der Waals surface area contributed by atoms with Gasteiger partial charge in [-0.15, -0.1) is 12.4 Å². The molecule has 0 aromatic carbocycles. The molecule has 2 aromatic heterocycles. The van der Waals surface area contributed by atoms with Crippen molar-refractivity contribution in [3.05, 3.63) is 29.7 Å². The molecule has 0 unspecified atom stereocenters. The predicted molar refractivity (Wildman–Crippen MR) is 84.4 cm³/mol. The number of aromatic nitrogens is 4. The molecule has 0 fully saturated rings. The predicted octanol–water partition coefficient (Wildman–Crippen LogP) is 3.41. The quantitative estimate of drug-likeness (QED) is 0.889. The van der Waals surface area contributed by atoms with Crippen molar-refractivity contribution in [1.82, 2.24) is 19.6 Å². The number of nitrogens with one attached hydrogen (secondary N) is 1. The van der Waals surface area contributed by atoms with Gasteiger partial charge in [0.2, 0.25) is 0 Å². The van der Waals surface area contributed by atoms with Crippen LogP contribution in [0.5, 0.6) is 0 Å². The highest BCUT2D eigenvalue weighted by Crippen LogP contribution is 2.12. The number of anilines is 1. The average molecular weight is 298 g/mol. The fraction of sp³-hybridized carbons (Fsp3) is 0.571. The monoisotopic (exact) mass is 297 g/mol. The van der Waals surface area contributed by atoms with Gasteiger partial charge in [-0.25, -0.2) is 0 Å². The Balaban J connectivity index is 0.00000200. The molecule has 112 valence electrons. The van der Waals surface area contributed by atoms with E-state index in [-0.39, 0.29) is 12.4 Å². The molecule has 0 aliphatic carbocycles. The fourth-order valence-electron chi connectivity index (χ4n) is 1.95. The molecule has 0 aliphatic heterocycles. The Labute approximate surface area is 126 Å². The smallest absolute Gasteiger partial charge is 0.148 e. The second-order valence-corrected chi connectivity index (χ2v) is 5.13. The van der Waals surface area contributed by atoms with Crippen LogP contribution in [0.3, 0.4) is 0 Å². The zero-order valence-corrected chi connectivity index (χ0v) is 13.4. The third-order valence-corrected chi connectivity index (χ3v) is 3.10. The van der Waals surface area contributed by atoms with Crippen LogP contribution in [-0.2, 0) is 13.1 Å². The molecule has 0 saturated carbocycles. The molecular weight excluding hydrogens is 274 g/mol. The molecule has 0 aliphatic rings. The molecule has 0 spiro atoms. The van der Waals surface area contributed by atoms with E-state index in [0.717, 1.165) is 31.0 Å². The number of halogens is 1. The maximum absolute atomic E-state index is 4.51. The SMILES string of the molecule is CCCn1ccc(NCc2cn(C(C)C)nc2C)n1.Cl. The Morgan fingerprint density at radius 2 is 2.05 bits per heavy atom. The van der Waals surface area contributed by atoms with Crippen molar-refractivity contribution >= 4 is 18.2 Å². The third kappa shape index (κ3) is 4.00. The first-order valence-electron chi connectivity index (χ1n) is 6.92. The molecule has 0 bridgehead atoms. The summed E-state index contributed by atoms with van der Waals surface area (Å²) in [7, 11) is 0. The topological polar surface area (TPSA) is 47.7 Å². The van der Waals surface area contributed by atoms with E-state index in [2.05, 4.69) is 42.5 Å². The van der Waals surface area contributed by atoms with E-state index < -0.39 is 0 Å². The Hall–Kier alpha value is -1.49. The van der Waals surface area contributed by atoms with Crippen molar-refractivity contribution in [1.29, 1.82) is 0 Å². The van der Waals surface area contributed by atoms with E-state index in [4.69, 9.17) is 0 Å². The van der Waals surface area contributed by atoms with E-state index in [0.29, 0.717) is 6.04 Å². The normalized spacial score (nSPS) is 10.7. The van der Waals surface area contributed by atoms with Gasteiger partial charge in [0.1, 0.15) is 5.82 Å². The summed E-state index contributed by atoms with van der Waals surface area (Å²) in [5, 5.41) is 12.3. The molecule has 0 atom stereocenters. The van der Waals surface area contributed by atoms with Crippen LogP contribution >= 0.6 is 12.4 Å². The summed E-state index contributed by atoms with van der Waals surface area (Å²) < 4.78 is 3.97. The lowest BCUT2D eigenvalue weighted by Gasteiger charge is -2.03. The lowest BCUT2D eigenvalue weighted by Crippen LogP contribution is -2.03. The van der Waals surface area contributed by atoms with Gasteiger partial charge in [0.25, 0.3) is 0 Å². The van der Waals surface area contributed by atoms with Crippen LogP contribution in [0, 0.1) is 6.92 Å². The summed E-state index contributed by atoms with van der Waals surface area (Å²) in [5.41, 5.74) is 2.30. The van der Waals surface area contributed by atoms with Crippen LogP contribution in [-0.4, -0.2) is 19.6 Å². The van der Waals surface area contributed by atoms with Gasteiger partial charge in [0, 0.05) is 43.2 Å². The van der Waals surface area contributed by atoms with Gasteiger partial charge in [-0.1, -0.05) is 6.92 Å². The van der Waals surface area contributed by atoms with Gasteiger partial charge in [-0.05, 0) is 27.2 Å². The summed E-state index contributed by atoms with van der Waals surface area (Å²) in [5.74, 6) is 0.921. The maximum atomic E-state index is 4.51. The number of nitrogens with zero attached hydrogens (tertiary/aromatic N) is 4. The summed E-state index contributed by atoms with van der Waals surface area (Å²) >= 11 is 0. The maximum Gasteiger partial charge on any atom is 0.148 e. The van der Waals surface area contributed by atoms with E-state index in [9.17, 15) is 0 Å². The highest BCUT2D eigenvalue weighted by atomic mass is 35.5. The Bertz CT molecular complexity index is 529. The molecule has 1 N–H and O–H groups in total. The van der Waals surface area contributed by atoms with Gasteiger partial charge >= 0.3 is 0 Å². The van der Waals surface area contributed by atoms with E-state index in [1.54, 1.807) is 0 Å². The van der Waals surface area contributed by atoms with Gasteiger partial charge in [0.05, 0.1) is 5.69 Å². The molecule has 0 saturated heterocycles. The first kappa shape index (κ1) is 16.6. The van der Waals surface area contributed by atoms with E-state index >= 15 is 0 Å². The van der Waals surface area contributed by atoms with Crippen LogP contribution < -0.4 is 5.32 Å². The molecule has 2 heterocycles. The van der Waals surface area contributed by atoms with Crippen LogP contribution in [0.1, 0.15) is 44.5 Å². The standard InChI is InChI=1S/C14H23N5.ClH/c1-5-7-18-8-6-14(17-18)15-9-13-10-19(11(2)3)16-12(13)4;/h6,8,10-11H,5,7,9H2,1-4H3,(H,15,17);1H. The number of hydrogen-bond acceptors (Lipinski definition) is 3. The minimum absolute atomic E-state index is 0. The summed E-state index contributed by atoms with van der Waals surface area (Å²) in [6.07, 6.45) is 5.22. The van der Waals surface area contributed by atoms with E-state index in [1.165, 1.54) is 5.56 Å². The summed E-state index contributed by atoms with van der Waals surface area (Å²) in [4.78, 5) is 0. The summed E-state index contributed by atoms with van der Waals surface area (Å²) in [6.45, 7) is 10.2. The molecular formula is C14H24ClN5. The number of hydrogen-bond donors (Lipinski definition) is 1. The Morgan fingerprint density at radius 3 is 2.65 bits per heavy atom. The zero-order chi connectivity index (χ0) is 13.8. The molecule has 0 amide bonds. The Morgan fingerprint density at radius 1 is 1.30 bits per heavy atom. The van der Waals surface area contributed by atoms with Crippen molar-refractivity contribution in [2.24, 2.45) is 0 Å². The second-order valence-electron chi connectivity index (χ2n) is 5.13. The zero-order valence-electron chi connectivity index (χ0n) is 12.6. The van der Waals surface area contributed by atoms with Crippen molar-refractivity contribution in [3.63, 3.8) is 0 Å². The average Bonchev–Trinajstić information content (AvgIpc) is 2.94. The first-order chi connectivity index (χ1) is 9.10. The Kier molecular flexibility index (Phi) is 6.07. The van der Waals surface area contributed by atoms with Crippen LogP contribution in [0.25, 0.3) is 0 Å². The highest BCUT2D eigenvalue weighted by molar-refractivity contribution is 5.85. The lowest BCUT2D eigenvalue weighted by atomic mass is 10.2. The number of rotatable bonds is 6. The summed E-state index contributed by atoms with van der Waals surface area (Å²) in [6, 6.07) is 2.41. The minimum atomic E-state index is 0. The van der Waals surface area contributed by atoms with E-state index in [1.807, 2.05) is 28.6 Å². The third-order valence-electron chi connectivity index (χ3n) is 3.10. The van der Waals surface area contributed by atoms with Gasteiger partial charge in [-0.2, -0.15) is 10.2 Å². The van der Waals surface area contributed by atoms with Crippen molar-refractivity contribution < 1.29 is 0 Å². The van der Waals surface area contributed by atoms with Crippen molar-refractivity contribution in [3.8, 4) is 0 Å². The lowest BCUT2D eigenvalue weighted by molar-refractivity contribution is 0.529. The van der Waals surface area contributed by atoms with Crippen LogP contribution in [0.4, 0.5) is 5.82 Å². The van der Waals surface area contributed by atoms with Crippen molar-refractivity contribution in [2.75, 3.05) is 5.32 Å². The van der Waals surface area contributed by atoms with Crippen LogP contribution in [0.15, 0.2) is 18.5 Å². The molecule has 2 rings (SSSR count). The van der Waals surface area contributed by atoms with Crippen LogP contribution in [0.2, 0.25) is 0 Å². The molecule has 6 heteroatoms. The first-order valence-corrected chi connectivity index (χ1v) is 6.92. The van der Waals surface area contributed by atoms with Crippen molar-refractivity contribution in [2.45, 2.75) is 53.2 Å². The van der Waals surface area contributed by atoms with Gasteiger partial charge < -0.3 is 5.32 Å². The molecule has 0 radical (unpaired) electrons. The van der Waals surface area contributed by atoms with Gasteiger partial charge in [-0.3, -0.25) is 9.36 Å². The molecule has 20 heavy (non-hydrogen) atoms. The number of aryl methyl sites for hydroxylation is 2. The molecule has 2 aromatic rings. The van der Waals surface area contributed by atoms with Gasteiger partial charge in [0.15, 0.2) is 0 Å².